The number of carboxylic acid groups (broad SMARTS) is 1. The van der Waals surface area contributed by atoms with Gasteiger partial charge in [-0.25, -0.2) is 4.79 Å². The number of para-hydroxylation sites is 1. The van der Waals surface area contributed by atoms with E-state index in [0.717, 1.165) is 16.9 Å². The second-order valence-corrected chi connectivity index (χ2v) is 6.48. The molecule has 0 amide bonds. The van der Waals surface area contributed by atoms with Crippen LogP contribution in [0.4, 0.5) is 0 Å². The van der Waals surface area contributed by atoms with Crippen LogP contribution in [0, 0.1) is 0 Å². The zero-order valence-electron chi connectivity index (χ0n) is 11.9. The molecule has 7 heteroatoms. The fraction of sp³-hybridized carbons (Fsp3) is 0.188. The summed E-state index contributed by atoms with van der Waals surface area (Å²) in [7, 11) is 0. The van der Waals surface area contributed by atoms with Crippen LogP contribution >= 0.6 is 11.3 Å². The maximum absolute atomic E-state index is 12.6. The molecule has 6 nitrogen and oxygen atoms in total. The van der Waals surface area contributed by atoms with E-state index in [1.54, 1.807) is 23.8 Å². The molecule has 3 aromatic rings. The summed E-state index contributed by atoms with van der Waals surface area (Å²) >= 11 is 1.52. The number of hydrogen-bond donors (Lipinski definition) is 2. The van der Waals surface area contributed by atoms with Gasteiger partial charge in [0, 0.05) is 28.9 Å². The minimum atomic E-state index is -1.41. The van der Waals surface area contributed by atoms with Crippen LogP contribution in [0.1, 0.15) is 26.7 Å². The number of pyridine rings is 1. The second kappa shape index (κ2) is 4.92. The Balaban J connectivity index is 2.03. The van der Waals surface area contributed by atoms with Gasteiger partial charge in [0.2, 0.25) is 0 Å². The van der Waals surface area contributed by atoms with Crippen molar-refractivity contribution in [1.29, 1.82) is 0 Å². The predicted octanol–water partition coefficient (Wildman–Crippen LogP) is 2.20. The summed E-state index contributed by atoms with van der Waals surface area (Å²) in [5.74, 6) is -1.79. The summed E-state index contributed by atoms with van der Waals surface area (Å²) in [6, 6.07) is 5.32. The molecule has 1 unspecified atom stereocenters. The van der Waals surface area contributed by atoms with E-state index in [9.17, 15) is 19.8 Å². The highest BCUT2D eigenvalue weighted by atomic mass is 32.1. The lowest BCUT2D eigenvalue weighted by Gasteiger charge is -2.26. The number of carboxylic acids is 1. The molecule has 2 aromatic heterocycles. The third kappa shape index (κ3) is 1.97. The van der Waals surface area contributed by atoms with E-state index in [1.807, 2.05) is 6.07 Å². The van der Waals surface area contributed by atoms with Crippen LogP contribution < -0.4 is 5.56 Å². The Hall–Kier alpha value is -2.67. The number of aromatic carboxylic acids is 1. The molecule has 23 heavy (non-hydrogen) atoms. The van der Waals surface area contributed by atoms with Gasteiger partial charge in [-0.05, 0) is 18.1 Å². The normalized spacial score (nSPS) is 16.6. The number of benzene rings is 1. The van der Waals surface area contributed by atoms with Gasteiger partial charge < -0.3 is 14.8 Å². The lowest BCUT2D eigenvalue weighted by Crippen LogP contribution is -2.32. The Morgan fingerprint density at radius 2 is 2.22 bits per heavy atom. The topological polar surface area (TPSA) is 92.4 Å². The van der Waals surface area contributed by atoms with Gasteiger partial charge in [-0.1, -0.05) is 12.1 Å². The van der Waals surface area contributed by atoms with Crippen LogP contribution in [0.3, 0.4) is 0 Å². The van der Waals surface area contributed by atoms with Gasteiger partial charge in [-0.3, -0.25) is 9.78 Å². The van der Waals surface area contributed by atoms with E-state index < -0.39 is 22.8 Å². The number of nitrogens with zero attached hydrogens (tertiary/aromatic N) is 2. The third-order valence-corrected chi connectivity index (χ3v) is 5.22. The minimum Gasteiger partial charge on any atom is -0.506 e. The SMILES string of the molecule is O=C(O)c1c(O)c2cccc3c2n(c1=O)CC(c1cncs1)C3. The molecule has 0 fully saturated rings. The van der Waals surface area contributed by atoms with E-state index in [4.69, 9.17) is 0 Å². The summed E-state index contributed by atoms with van der Waals surface area (Å²) in [4.78, 5) is 29.1. The van der Waals surface area contributed by atoms with Crippen molar-refractivity contribution in [2.24, 2.45) is 0 Å². The third-order valence-electron chi connectivity index (χ3n) is 4.28. The number of aromatic hydroxyl groups is 1. The first-order chi connectivity index (χ1) is 11.1. The number of rotatable bonds is 2. The summed E-state index contributed by atoms with van der Waals surface area (Å²) < 4.78 is 1.47. The van der Waals surface area contributed by atoms with Gasteiger partial charge in [0.1, 0.15) is 5.75 Å². The molecule has 116 valence electrons. The first kappa shape index (κ1) is 14.0. The van der Waals surface area contributed by atoms with Crippen LogP contribution in [0.15, 0.2) is 34.7 Å². The smallest absolute Gasteiger partial charge is 0.345 e. The van der Waals surface area contributed by atoms with E-state index in [0.29, 0.717) is 17.4 Å². The van der Waals surface area contributed by atoms with Crippen LogP contribution in [-0.4, -0.2) is 25.7 Å². The van der Waals surface area contributed by atoms with Crippen LogP contribution in [0.5, 0.6) is 5.75 Å². The van der Waals surface area contributed by atoms with Crippen molar-refractivity contribution < 1.29 is 15.0 Å². The highest BCUT2D eigenvalue weighted by Crippen LogP contribution is 2.36. The summed E-state index contributed by atoms with van der Waals surface area (Å²) in [6.07, 6.45) is 2.51. The van der Waals surface area contributed by atoms with Crippen molar-refractivity contribution in [3.8, 4) is 5.75 Å². The second-order valence-electron chi connectivity index (χ2n) is 5.56. The van der Waals surface area contributed by atoms with Crippen molar-refractivity contribution in [1.82, 2.24) is 9.55 Å². The minimum absolute atomic E-state index is 0.0736. The highest BCUT2D eigenvalue weighted by molar-refractivity contribution is 7.09. The van der Waals surface area contributed by atoms with Crippen LogP contribution in [0.25, 0.3) is 10.9 Å². The average Bonchev–Trinajstić information content (AvgIpc) is 3.06. The first-order valence-electron chi connectivity index (χ1n) is 7.07. The van der Waals surface area contributed by atoms with Crippen molar-refractivity contribution in [3.05, 3.63) is 56.3 Å². The van der Waals surface area contributed by atoms with Crippen molar-refractivity contribution in [2.45, 2.75) is 18.9 Å². The number of aromatic nitrogens is 2. The molecule has 0 spiro atoms. The molecule has 1 aliphatic rings. The number of carbonyl (C=O) groups is 1. The van der Waals surface area contributed by atoms with Gasteiger partial charge in [0.05, 0.1) is 11.0 Å². The maximum atomic E-state index is 12.6. The lowest BCUT2D eigenvalue weighted by molar-refractivity contribution is 0.0691. The maximum Gasteiger partial charge on any atom is 0.345 e. The fourth-order valence-electron chi connectivity index (χ4n) is 3.27. The molecule has 1 atom stereocenters. The molecule has 0 saturated heterocycles. The summed E-state index contributed by atoms with van der Waals surface area (Å²) in [5, 5.41) is 19.9. The quantitative estimate of drug-likeness (QED) is 0.752. The van der Waals surface area contributed by atoms with E-state index in [1.165, 1.54) is 15.9 Å². The highest BCUT2D eigenvalue weighted by Gasteiger charge is 2.29. The largest absolute Gasteiger partial charge is 0.506 e. The molecule has 1 aromatic carbocycles. The Bertz CT molecular complexity index is 991. The summed E-state index contributed by atoms with van der Waals surface area (Å²) in [6.45, 7) is 0.384. The molecule has 0 bridgehead atoms. The zero-order chi connectivity index (χ0) is 16.1. The Labute approximate surface area is 134 Å². The monoisotopic (exact) mass is 328 g/mol. The predicted molar refractivity (Wildman–Crippen MR) is 85.4 cm³/mol. The first-order valence-corrected chi connectivity index (χ1v) is 7.95. The molecular formula is C16H12N2O4S. The Morgan fingerprint density at radius 3 is 2.91 bits per heavy atom. The number of hydrogen-bond acceptors (Lipinski definition) is 5. The van der Waals surface area contributed by atoms with Gasteiger partial charge in [0.25, 0.3) is 5.56 Å². The van der Waals surface area contributed by atoms with Crippen LogP contribution in [0.2, 0.25) is 0 Å². The Kier molecular flexibility index (Phi) is 2.99. The summed E-state index contributed by atoms with van der Waals surface area (Å²) in [5.41, 5.74) is 2.06. The lowest BCUT2D eigenvalue weighted by atomic mass is 9.91. The number of thiazole rings is 1. The molecule has 0 radical (unpaired) electrons. The molecule has 2 N–H and O–H groups in total. The van der Waals surface area contributed by atoms with E-state index >= 15 is 0 Å². The van der Waals surface area contributed by atoms with Gasteiger partial charge >= 0.3 is 5.97 Å². The van der Waals surface area contributed by atoms with Crippen molar-refractivity contribution in [3.63, 3.8) is 0 Å². The van der Waals surface area contributed by atoms with Crippen molar-refractivity contribution in [2.75, 3.05) is 0 Å². The Morgan fingerprint density at radius 1 is 1.39 bits per heavy atom. The van der Waals surface area contributed by atoms with E-state index in [2.05, 4.69) is 4.98 Å². The van der Waals surface area contributed by atoms with E-state index in [-0.39, 0.29) is 5.92 Å². The zero-order valence-corrected chi connectivity index (χ0v) is 12.7. The molecule has 3 heterocycles. The molecule has 4 rings (SSSR count). The molecule has 1 aliphatic heterocycles. The molecule has 0 saturated carbocycles. The van der Waals surface area contributed by atoms with Gasteiger partial charge in [-0.15, -0.1) is 11.3 Å². The van der Waals surface area contributed by atoms with Gasteiger partial charge in [0.15, 0.2) is 5.56 Å². The molecule has 0 aliphatic carbocycles. The van der Waals surface area contributed by atoms with Gasteiger partial charge in [-0.2, -0.15) is 0 Å². The standard InChI is InChI=1S/C16H12N2O4S/c19-14-10-3-1-2-8-4-9(11-5-17-7-23-11)6-18(13(8)10)15(20)12(14)16(21)22/h1-3,5,7,9,19H,4,6H2,(H,21,22). The van der Waals surface area contributed by atoms with Crippen molar-refractivity contribution >= 4 is 28.2 Å². The van der Waals surface area contributed by atoms with Crippen LogP contribution in [-0.2, 0) is 13.0 Å². The average molecular weight is 328 g/mol. The fourth-order valence-corrected chi connectivity index (χ4v) is 3.99. The molecular weight excluding hydrogens is 316 g/mol.